The fraction of sp³-hybridized carbons (Fsp3) is 0.333. The van der Waals surface area contributed by atoms with Gasteiger partial charge in [0.05, 0.1) is 6.61 Å². The van der Waals surface area contributed by atoms with E-state index in [-0.39, 0.29) is 5.91 Å². The van der Waals surface area contributed by atoms with Crippen LogP contribution in [-0.4, -0.2) is 23.3 Å². The number of carbonyl (C=O) groups is 1. The molecule has 1 amide bonds. The van der Waals surface area contributed by atoms with E-state index in [2.05, 4.69) is 10.3 Å². The number of rotatable bonds is 7. The van der Waals surface area contributed by atoms with Gasteiger partial charge in [0, 0.05) is 29.4 Å². The van der Waals surface area contributed by atoms with Crippen molar-refractivity contribution in [2.24, 2.45) is 0 Å². The van der Waals surface area contributed by atoms with Crippen LogP contribution in [0.5, 0.6) is 5.75 Å². The Balaban J connectivity index is 1.37. The molecule has 0 saturated heterocycles. The standard InChI is InChI=1S/C18H20N2O2S/c21-18-6-3-14-13-15(4-5-17(14)20-18)22-11-1-2-12-23-16-7-9-19-10-8-16/h4-5,7-10,13H,1-3,6,11-12H2,(H,20,21). The Labute approximate surface area is 140 Å². The minimum absolute atomic E-state index is 0.0952. The summed E-state index contributed by atoms with van der Waals surface area (Å²) in [5.41, 5.74) is 2.08. The number of hydrogen-bond donors (Lipinski definition) is 1. The van der Waals surface area contributed by atoms with Gasteiger partial charge in [-0.1, -0.05) is 0 Å². The minimum atomic E-state index is 0.0952. The number of unbranched alkanes of at least 4 members (excludes halogenated alkanes) is 1. The second kappa shape index (κ2) is 8.02. The molecule has 0 fully saturated rings. The van der Waals surface area contributed by atoms with Gasteiger partial charge in [-0.25, -0.2) is 0 Å². The third-order valence-electron chi connectivity index (χ3n) is 3.70. The average Bonchev–Trinajstić information content (AvgIpc) is 2.59. The number of fused-ring (bicyclic) bond motifs is 1. The van der Waals surface area contributed by atoms with Crippen LogP contribution in [0.1, 0.15) is 24.8 Å². The quantitative estimate of drug-likeness (QED) is 0.618. The Morgan fingerprint density at radius 2 is 2.00 bits per heavy atom. The molecule has 23 heavy (non-hydrogen) atoms. The number of carbonyl (C=O) groups excluding carboxylic acids is 1. The number of nitrogens with one attached hydrogen (secondary N) is 1. The third kappa shape index (κ3) is 4.73. The number of nitrogens with zero attached hydrogens (tertiary/aromatic N) is 1. The molecule has 0 bridgehead atoms. The molecule has 0 atom stereocenters. The molecule has 1 aliphatic rings. The van der Waals surface area contributed by atoms with Crippen molar-refractivity contribution in [2.45, 2.75) is 30.6 Å². The molecule has 120 valence electrons. The van der Waals surface area contributed by atoms with E-state index < -0.39 is 0 Å². The van der Waals surface area contributed by atoms with Crippen molar-refractivity contribution in [2.75, 3.05) is 17.7 Å². The largest absolute Gasteiger partial charge is 0.494 e. The third-order valence-corrected chi connectivity index (χ3v) is 4.80. The Morgan fingerprint density at radius 1 is 1.13 bits per heavy atom. The highest BCUT2D eigenvalue weighted by atomic mass is 32.2. The van der Waals surface area contributed by atoms with Gasteiger partial charge in [-0.15, -0.1) is 11.8 Å². The van der Waals surface area contributed by atoms with Crippen LogP contribution in [0.15, 0.2) is 47.6 Å². The highest BCUT2D eigenvalue weighted by Gasteiger charge is 2.14. The number of thioether (sulfide) groups is 1. The molecular formula is C18H20N2O2S. The van der Waals surface area contributed by atoms with Crippen LogP contribution in [0, 0.1) is 0 Å². The van der Waals surface area contributed by atoms with E-state index in [1.807, 2.05) is 54.5 Å². The van der Waals surface area contributed by atoms with Crippen molar-refractivity contribution in [3.05, 3.63) is 48.3 Å². The van der Waals surface area contributed by atoms with E-state index in [1.165, 1.54) is 4.90 Å². The van der Waals surface area contributed by atoms with Gasteiger partial charge in [-0.05, 0) is 60.9 Å². The topological polar surface area (TPSA) is 51.2 Å². The highest BCUT2D eigenvalue weighted by molar-refractivity contribution is 7.99. The molecule has 0 radical (unpaired) electrons. The molecule has 0 aliphatic carbocycles. The van der Waals surface area contributed by atoms with Gasteiger partial charge in [0.1, 0.15) is 5.75 Å². The molecule has 4 nitrogen and oxygen atoms in total. The molecular weight excluding hydrogens is 308 g/mol. The predicted octanol–water partition coefficient (Wildman–Crippen LogP) is 3.92. The number of pyridine rings is 1. The zero-order valence-electron chi connectivity index (χ0n) is 13.0. The van der Waals surface area contributed by atoms with Crippen LogP contribution in [0.25, 0.3) is 0 Å². The van der Waals surface area contributed by atoms with Crippen LogP contribution in [-0.2, 0) is 11.2 Å². The summed E-state index contributed by atoms with van der Waals surface area (Å²) < 4.78 is 5.82. The Morgan fingerprint density at radius 3 is 2.87 bits per heavy atom. The Kier molecular flexibility index (Phi) is 5.53. The summed E-state index contributed by atoms with van der Waals surface area (Å²) in [6, 6.07) is 9.97. The number of aromatic nitrogens is 1. The normalized spacial score (nSPS) is 13.3. The number of anilines is 1. The number of aryl methyl sites for hydroxylation is 1. The van der Waals surface area contributed by atoms with Crippen molar-refractivity contribution < 1.29 is 9.53 Å². The molecule has 1 aromatic heterocycles. The van der Waals surface area contributed by atoms with Crippen LogP contribution in [0.2, 0.25) is 0 Å². The summed E-state index contributed by atoms with van der Waals surface area (Å²) in [6.45, 7) is 0.724. The van der Waals surface area contributed by atoms with E-state index in [1.54, 1.807) is 0 Å². The summed E-state index contributed by atoms with van der Waals surface area (Å²) in [7, 11) is 0. The first kappa shape index (κ1) is 15.9. The lowest BCUT2D eigenvalue weighted by molar-refractivity contribution is -0.116. The van der Waals surface area contributed by atoms with Crippen LogP contribution in [0.3, 0.4) is 0 Å². The molecule has 1 N–H and O–H groups in total. The zero-order valence-corrected chi connectivity index (χ0v) is 13.8. The number of amides is 1. The van der Waals surface area contributed by atoms with E-state index in [0.717, 1.165) is 48.6 Å². The maximum atomic E-state index is 11.3. The summed E-state index contributed by atoms with van der Waals surface area (Å²) in [5.74, 6) is 2.07. The lowest BCUT2D eigenvalue weighted by Gasteiger charge is -2.17. The summed E-state index contributed by atoms with van der Waals surface area (Å²) in [6.07, 6.45) is 7.15. The van der Waals surface area contributed by atoms with Gasteiger partial charge in [-0.2, -0.15) is 0 Å². The second-order valence-electron chi connectivity index (χ2n) is 5.45. The molecule has 5 heteroatoms. The van der Waals surface area contributed by atoms with Crippen molar-refractivity contribution in [3.8, 4) is 5.75 Å². The van der Waals surface area contributed by atoms with Crippen molar-refractivity contribution in [1.82, 2.24) is 4.98 Å². The molecule has 0 unspecified atom stereocenters. The van der Waals surface area contributed by atoms with Crippen molar-refractivity contribution >= 4 is 23.4 Å². The average molecular weight is 328 g/mol. The Hall–Kier alpha value is -2.01. The molecule has 0 spiro atoms. The van der Waals surface area contributed by atoms with E-state index in [9.17, 15) is 4.79 Å². The van der Waals surface area contributed by atoms with E-state index in [0.29, 0.717) is 6.42 Å². The number of benzene rings is 1. The maximum absolute atomic E-state index is 11.3. The van der Waals surface area contributed by atoms with Gasteiger partial charge in [0.25, 0.3) is 0 Å². The smallest absolute Gasteiger partial charge is 0.224 e. The first-order chi connectivity index (χ1) is 11.3. The van der Waals surface area contributed by atoms with E-state index >= 15 is 0 Å². The highest BCUT2D eigenvalue weighted by Crippen LogP contribution is 2.27. The predicted molar refractivity (Wildman–Crippen MR) is 93.1 cm³/mol. The Bertz CT molecular complexity index is 661. The van der Waals surface area contributed by atoms with E-state index in [4.69, 9.17) is 4.74 Å². The number of hydrogen-bond acceptors (Lipinski definition) is 4. The fourth-order valence-corrected chi connectivity index (χ4v) is 3.37. The second-order valence-corrected chi connectivity index (χ2v) is 6.62. The molecule has 3 rings (SSSR count). The van der Waals surface area contributed by atoms with Gasteiger partial charge in [0.2, 0.25) is 5.91 Å². The van der Waals surface area contributed by atoms with Crippen LogP contribution >= 0.6 is 11.8 Å². The first-order valence-corrected chi connectivity index (χ1v) is 8.88. The van der Waals surface area contributed by atoms with Gasteiger partial charge < -0.3 is 10.1 Å². The van der Waals surface area contributed by atoms with Gasteiger partial charge in [-0.3, -0.25) is 9.78 Å². The number of ether oxygens (including phenoxy) is 1. The summed E-state index contributed by atoms with van der Waals surface area (Å²) in [5, 5.41) is 2.88. The molecule has 1 aliphatic heterocycles. The lowest BCUT2D eigenvalue weighted by atomic mass is 10.0. The van der Waals surface area contributed by atoms with Crippen molar-refractivity contribution in [1.29, 1.82) is 0 Å². The van der Waals surface area contributed by atoms with Gasteiger partial charge >= 0.3 is 0 Å². The SMILES string of the molecule is O=C1CCc2cc(OCCCCSc3ccncc3)ccc2N1. The molecule has 2 heterocycles. The van der Waals surface area contributed by atoms with Crippen LogP contribution < -0.4 is 10.1 Å². The lowest BCUT2D eigenvalue weighted by Crippen LogP contribution is -2.18. The zero-order chi connectivity index (χ0) is 15.9. The minimum Gasteiger partial charge on any atom is -0.494 e. The summed E-state index contributed by atoms with van der Waals surface area (Å²) >= 11 is 1.85. The van der Waals surface area contributed by atoms with Gasteiger partial charge in [0.15, 0.2) is 0 Å². The fourth-order valence-electron chi connectivity index (χ4n) is 2.47. The summed E-state index contributed by atoms with van der Waals surface area (Å²) in [4.78, 5) is 16.6. The molecule has 1 aromatic carbocycles. The van der Waals surface area contributed by atoms with Crippen LogP contribution in [0.4, 0.5) is 5.69 Å². The van der Waals surface area contributed by atoms with Crippen molar-refractivity contribution in [3.63, 3.8) is 0 Å². The molecule has 2 aromatic rings. The molecule has 0 saturated carbocycles. The monoisotopic (exact) mass is 328 g/mol. The maximum Gasteiger partial charge on any atom is 0.224 e. The first-order valence-electron chi connectivity index (χ1n) is 7.90.